The van der Waals surface area contributed by atoms with Crippen LogP contribution in [0.25, 0.3) is 0 Å². The van der Waals surface area contributed by atoms with Crippen LogP contribution in [-0.2, 0) is 16.0 Å². The van der Waals surface area contributed by atoms with Gasteiger partial charge in [0.05, 0.1) is 28.9 Å². The molecule has 0 spiro atoms. The third-order valence-corrected chi connectivity index (χ3v) is 7.84. The smallest absolute Gasteiger partial charge is 0.338 e. The molecule has 1 aromatic carbocycles. The minimum absolute atomic E-state index is 0.211. The van der Waals surface area contributed by atoms with Gasteiger partial charge in [-0.3, -0.25) is 4.79 Å². The summed E-state index contributed by atoms with van der Waals surface area (Å²) in [5.41, 5.74) is 1.18. The predicted molar refractivity (Wildman–Crippen MR) is 125 cm³/mol. The zero-order chi connectivity index (χ0) is 22.1. The van der Waals surface area contributed by atoms with E-state index in [0.717, 1.165) is 44.9 Å². The predicted octanol–water partition coefficient (Wildman–Crippen LogP) is 4.95. The first kappa shape index (κ1) is 24.1. The van der Waals surface area contributed by atoms with E-state index in [4.69, 9.17) is 4.74 Å². The molecule has 1 N–H and O–H groups in total. The van der Waals surface area contributed by atoms with E-state index in [0.29, 0.717) is 30.9 Å². The van der Waals surface area contributed by atoms with E-state index >= 15 is 0 Å². The molecule has 1 amide bonds. The van der Waals surface area contributed by atoms with E-state index in [-0.39, 0.29) is 17.3 Å². The zero-order valence-electron chi connectivity index (χ0n) is 18.8. The number of hydrogen-bond acceptors (Lipinski definition) is 5. The van der Waals surface area contributed by atoms with Crippen LogP contribution in [-0.4, -0.2) is 51.8 Å². The fourth-order valence-corrected chi connectivity index (χ4v) is 5.89. The lowest BCUT2D eigenvalue weighted by Gasteiger charge is -2.33. The highest BCUT2D eigenvalue weighted by atomic mass is 32.2. The van der Waals surface area contributed by atoms with Crippen molar-refractivity contribution in [1.82, 2.24) is 4.90 Å². The minimum atomic E-state index is -0.598. The second-order valence-corrected chi connectivity index (χ2v) is 10.1. The summed E-state index contributed by atoms with van der Waals surface area (Å²) in [6.45, 7) is 2.85. The van der Waals surface area contributed by atoms with Crippen LogP contribution < -0.4 is 0 Å². The van der Waals surface area contributed by atoms with Gasteiger partial charge in [0.15, 0.2) is 0 Å². The second-order valence-electron chi connectivity index (χ2n) is 8.90. The Hall–Kier alpha value is -1.53. The molecule has 1 heterocycles. The Kier molecular flexibility index (Phi) is 9.27. The van der Waals surface area contributed by atoms with Crippen molar-refractivity contribution in [1.29, 1.82) is 0 Å². The van der Waals surface area contributed by atoms with Crippen LogP contribution in [0.1, 0.15) is 87.1 Å². The molecule has 1 aliphatic carbocycles. The Morgan fingerprint density at radius 2 is 1.84 bits per heavy atom. The molecule has 0 bridgehead atoms. The molecule has 0 radical (unpaired) electrons. The number of rotatable bonds is 9. The highest BCUT2D eigenvalue weighted by Crippen LogP contribution is 2.33. The van der Waals surface area contributed by atoms with Crippen LogP contribution >= 0.6 is 11.8 Å². The molecule has 1 atom stereocenters. The summed E-state index contributed by atoms with van der Waals surface area (Å²) in [5, 5.41) is 11.3. The molecule has 3 rings (SSSR count). The van der Waals surface area contributed by atoms with Crippen LogP contribution in [0.5, 0.6) is 0 Å². The van der Waals surface area contributed by atoms with Crippen LogP contribution in [0.4, 0.5) is 0 Å². The van der Waals surface area contributed by atoms with Crippen molar-refractivity contribution in [2.45, 2.75) is 88.5 Å². The van der Waals surface area contributed by atoms with Gasteiger partial charge in [-0.05, 0) is 63.1 Å². The monoisotopic (exact) mass is 447 g/mol. The fraction of sp³-hybridized carbons (Fsp3) is 0.680. The van der Waals surface area contributed by atoms with Crippen LogP contribution in [0.2, 0.25) is 0 Å². The maximum absolute atomic E-state index is 12.5. The number of thioether (sulfide) groups is 1. The highest BCUT2D eigenvalue weighted by molar-refractivity contribution is 8.00. The van der Waals surface area contributed by atoms with Gasteiger partial charge in [-0.25, -0.2) is 4.79 Å². The number of amides is 1. The summed E-state index contributed by atoms with van der Waals surface area (Å²) in [6.07, 6.45) is 11.2. The Labute approximate surface area is 190 Å². The maximum Gasteiger partial charge on any atom is 0.338 e. The maximum atomic E-state index is 12.5. The quantitative estimate of drug-likeness (QED) is 0.542. The molecule has 2 fully saturated rings. The van der Waals surface area contributed by atoms with Crippen molar-refractivity contribution in [2.24, 2.45) is 0 Å². The summed E-state index contributed by atoms with van der Waals surface area (Å²) < 4.78 is 5.03. The van der Waals surface area contributed by atoms with E-state index in [9.17, 15) is 14.7 Å². The number of ether oxygens (including phenoxy) is 1. The minimum Gasteiger partial charge on any atom is -0.462 e. The molecule has 1 saturated carbocycles. The van der Waals surface area contributed by atoms with Crippen LogP contribution in [0.3, 0.4) is 0 Å². The molecule has 1 saturated heterocycles. The Bertz CT molecular complexity index is 713. The van der Waals surface area contributed by atoms with Gasteiger partial charge in [0.25, 0.3) is 0 Å². The molecule has 1 unspecified atom stereocenters. The Morgan fingerprint density at radius 1 is 1.16 bits per heavy atom. The van der Waals surface area contributed by atoms with E-state index in [1.165, 1.54) is 24.8 Å². The first-order valence-electron chi connectivity index (χ1n) is 11.9. The van der Waals surface area contributed by atoms with E-state index in [1.54, 1.807) is 18.7 Å². The molecule has 31 heavy (non-hydrogen) atoms. The number of nitrogens with zero attached hydrogens (tertiary/aromatic N) is 1. The lowest BCUT2D eigenvalue weighted by molar-refractivity contribution is -0.128. The molecule has 1 aliphatic heterocycles. The Morgan fingerprint density at radius 3 is 2.52 bits per heavy atom. The number of hydrogen-bond donors (Lipinski definition) is 1. The van der Waals surface area contributed by atoms with Crippen molar-refractivity contribution >= 4 is 23.6 Å². The first-order valence-corrected chi connectivity index (χ1v) is 13.0. The third kappa shape index (κ3) is 7.25. The molecule has 2 aliphatic rings. The molecular weight excluding hydrogens is 410 g/mol. The van der Waals surface area contributed by atoms with Crippen LogP contribution in [0, 0.1) is 0 Å². The van der Waals surface area contributed by atoms with Gasteiger partial charge in [-0.1, -0.05) is 44.2 Å². The molecule has 1 aromatic rings. The van der Waals surface area contributed by atoms with Gasteiger partial charge >= 0.3 is 5.97 Å². The summed E-state index contributed by atoms with van der Waals surface area (Å²) >= 11 is 1.73. The summed E-state index contributed by atoms with van der Waals surface area (Å²) in [7, 11) is 0. The SMILES string of the molecule is CCOC(=O)c1ccc(CCCC2SCC(=O)N2CCC2(O)CCCCCCC2)cc1. The van der Waals surface area contributed by atoms with Gasteiger partial charge in [-0.2, -0.15) is 0 Å². The van der Waals surface area contributed by atoms with Gasteiger partial charge in [-0.15, -0.1) is 11.8 Å². The lowest BCUT2D eigenvalue weighted by Crippen LogP contribution is -2.39. The van der Waals surface area contributed by atoms with Gasteiger partial charge in [0, 0.05) is 6.54 Å². The summed E-state index contributed by atoms with van der Waals surface area (Å²) in [6, 6.07) is 7.62. The second kappa shape index (κ2) is 11.9. The number of aliphatic hydroxyl groups is 1. The average molecular weight is 448 g/mol. The van der Waals surface area contributed by atoms with Crippen molar-refractivity contribution in [3.8, 4) is 0 Å². The van der Waals surface area contributed by atoms with E-state index < -0.39 is 5.60 Å². The number of aryl methyl sites for hydroxylation is 1. The van der Waals surface area contributed by atoms with Gasteiger partial charge in [0.2, 0.25) is 5.91 Å². The third-order valence-electron chi connectivity index (χ3n) is 6.55. The van der Waals surface area contributed by atoms with Gasteiger partial charge < -0.3 is 14.7 Å². The molecule has 6 heteroatoms. The van der Waals surface area contributed by atoms with Crippen molar-refractivity contribution in [3.05, 3.63) is 35.4 Å². The highest BCUT2D eigenvalue weighted by Gasteiger charge is 2.34. The van der Waals surface area contributed by atoms with E-state index in [2.05, 4.69) is 0 Å². The zero-order valence-corrected chi connectivity index (χ0v) is 19.6. The normalized spacial score (nSPS) is 21.5. The number of carbonyl (C=O) groups is 2. The number of esters is 1. The molecule has 172 valence electrons. The Balaban J connectivity index is 1.46. The fourth-order valence-electron chi connectivity index (χ4n) is 4.65. The van der Waals surface area contributed by atoms with Crippen molar-refractivity contribution in [2.75, 3.05) is 18.9 Å². The summed E-state index contributed by atoms with van der Waals surface area (Å²) in [5.74, 6) is 0.483. The van der Waals surface area contributed by atoms with E-state index in [1.807, 2.05) is 29.2 Å². The number of benzene rings is 1. The topological polar surface area (TPSA) is 66.8 Å². The molecule has 5 nitrogen and oxygen atoms in total. The first-order chi connectivity index (χ1) is 15.0. The van der Waals surface area contributed by atoms with Crippen molar-refractivity contribution in [3.63, 3.8) is 0 Å². The molecule has 0 aromatic heterocycles. The molecular formula is C25H37NO4S. The lowest BCUT2D eigenvalue weighted by atomic mass is 9.84. The average Bonchev–Trinajstić information content (AvgIpc) is 3.10. The van der Waals surface area contributed by atoms with Crippen LogP contribution in [0.15, 0.2) is 24.3 Å². The number of carbonyl (C=O) groups excluding carboxylic acids is 2. The standard InChI is InChI=1S/C25H37NO4S/c1-2-30-24(28)21-13-11-20(12-14-21)9-8-10-23-26(22(27)19-31-23)18-17-25(29)15-6-4-3-5-7-16-25/h11-14,23,29H,2-10,15-19H2,1H3. The van der Waals surface area contributed by atoms with Gasteiger partial charge in [0.1, 0.15) is 0 Å². The summed E-state index contributed by atoms with van der Waals surface area (Å²) in [4.78, 5) is 26.2. The largest absolute Gasteiger partial charge is 0.462 e. The van der Waals surface area contributed by atoms with Crippen molar-refractivity contribution < 1.29 is 19.4 Å².